The van der Waals surface area contributed by atoms with Gasteiger partial charge in [-0.15, -0.1) is 9.24 Å². The molecule has 6 nitrogen and oxygen atoms in total. The van der Waals surface area contributed by atoms with Crippen LogP contribution in [0.15, 0.2) is 30.3 Å². The first kappa shape index (κ1) is 30.9. The number of aryl methyl sites for hydroxylation is 2. The molecule has 1 aromatic carbocycles. The number of carbonyl (C=O) groups is 1. The highest BCUT2D eigenvalue weighted by molar-refractivity contribution is 7.17. The van der Waals surface area contributed by atoms with Crippen LogP contribution in [0.4, 0.5) is 10.2 Å². The van der Waals surface area contributed by atoms with Crippen LogP contribution in [0.3, 0.4) is 0 Å². The molecule has 4 rings (SSSR count). The van der Waals surface area contributed by atoms with E-state index in [9.17, 15) is 14.3 Å². The average molecular weight is 572 g/mol. The van der Waals surface area contributed by atoms with Gasteiger partial charge >= 0.3 is 5.97 Å². The predicted molar refractivity (Wildman–Crippen MR) is 162 cm³/mol. The number of nitrogens with two attached hydrogens (primary N) is 1. The molecule has 2 aliphatic heterocycles. The Labute approximate surface area is 241 Å². The third kappa shape index (κ3) is 8.24. The van der Waals surface area contributed by atoms with Crippen LogP contribution in [0.1, 0.15) is 99.1 Å². The number of anilines is 1. The van der Waals surface area contributed by atoms with Gasteiger partial charge in [-0.3, -0.25) is 9.69 Å². The monoisotopic (exact) mass is 571 g/mol. The molecule has 220 valence electrons. The molecule has 0 amide bonds. The van der Waals surface area contributed by atoms with E-state index in [2.05, 4.69) is 38.2 Å². The molecular formula is C32H47FN3O3P. The number of benzene rings is 1. The van der Waals surface area contributed by atoms with Gasteiger partial charge in [0.2, 0.25) is 0 Å². The minimum absolute atomic E-state index is 0.209. The van der Waals surface area contributed by atoms with Gasteiger partial charge in [0, 0.05) is 25.5 Å². The van der Waals surface area contributed by atoms with Crippen molar-refractivity contribution < 1.29 is 19.0 Å². The van der Waals surface area contributed by atoms with Crippen molar-refractivity contribution in [1.82, 2.24) is 9.88 Å². The van der Waals surface area contributed by atoms with E-state index >= 15 is 0 Å². The van der Waals surface area contributed by atoms with E-state index in [1.54, 1.807) is 6.07 Å². The lowest BCUT2D eigenvalue weighted by molar-refractivity contribution is -0.143. The fourth-order valence-corrected chi connectivity index (χ4v) is 6.98. The van der Waals surface area contributed by atoms with Crippen molar-refractivity contribution in [3.05, 3.63) is 58.5 Å². The standard InChI is InChI=1S/C32H47FN3O3P/c1-2-3-4-7-23-10-12-26(35-31(23)34)8-5-6-9-29(40)24-14-17-36(21-24)30(32(37)38)28-20-25(33)11-13-27(28)22-15-18-39-19-16-22/h10-13,20,22,24,29-30H,2-9,14-19,21,40H2,1H3,(H2,34,35)(H,37,38)/t24?,29-,30+/m1/s1. The lowest BCUT2D eigenvalue weighted by Gasteiger charge is -2.31. The molecule has 2 fully saturated rings. The Bertz CT molecular complexity index is 1110. The number of rotatable bonds is 14. The maximum atomic E-state index is 14.4. The van der Waals surface area contributed by atoms with Gasteiger partial charge in [0.15, 0.2) is 0 Å². The van der Waals surface area contributed by atoms with E-state index in [1.165, 1.54) is 25.0 Å². The van der Waals surface area contributed by atoms with Crippen molar-refractivity contribution in [3.8, 4) is 0 Å². The molecule has 3 heterocycles. The summed E-state index contributed by atoms with van der Waals surface area (Å²) in [4.78, 5) is 19.3. The molecular weight excluding hydrogens is 524 g/mol. The largest absolute Gasteiger partial charge is 0.480 e. The van der Waals surface area contributed by atoms with Gasteiger partial charge in [-0.1, -0.05) is 38.3 Å². The zero-order valence-corrected chi connectivity index (χ0v) is 25.1. The lowest BCUT2D eigenvalue weighted by Crippen LogP contribution is -2.34. The maximum absolute atomic E-state index is 14.4. The highest BCUT2D eigenvalue weighted by Gasteiger charge is 2.37. The normalized spacial score (nSPS) is 20.0. The van der Waals surface area contributed by atoms with Gasteiger partial charge in [-0.2, -0.15) is 0 Å². The van der Waals surface area contributed by atoms with Crippen LogP contribution in [0.5, 0.6) is 0 Å². The van der Waals surface area contributed by atoms with Crippen LogP contribution in [0.25, 0.3) is 0 Å². The van der Waals surface area contributed by atoms with Crippen LogP contribution in [0.2, 0.25) is 0 Å². The third-order valence-electron chi connectivity index (χ3n) is 8.81. The number of ether oxygens (including phenoxy) is 1. The smallest absolute Gasteiger partial charge is 0.325 e. The summed E-state index contributed by atoms with van der Waals surface area (Å²) < 4.78 is 19.9. The summed E-state index contributed by atoms with van der Waals surface area (Å²) in [5.74, 6) is 0.0151. The van der Waals surface area contributed by atoms with Crippen molar-refractivity contribution in [3.63, 3.8) is 0 Å². The van der Waals surface area contributed by atoms with Crippen molar-refractivity contribution >= 4 is 21.0 Å². The summed E-state index contributed by atoms with van der Waals surface area (Å²) in [6.07, 6.45) is 11.3. The fourth-order valence-electron chi connectivity index (χ4n) is 6.43. The topological polar surface area (TPSA) is 88.7 Å². The molecule has 0 radical (unpaired) electrons. The lowest BCUT2D eigenvalue weighted by atomic mass is 9.85. The van der Waals surface area contributed by atoms with Gasteiger partial charge in [0.25, 0.3) is 0 Å². The summed E-state index contributed by atoms with van der Waals surface area (Å²) in [6.45, 7) is 4.95. The molecule has 0 saturated carbocycles. The molecule has 1 aromatic heterocycles. The number of aromatic nitrogens is 1. The van der Waals surface area contributed by atoms with Crippen molar-refractivity contribution in [2.45, 2.75) is 95.2 Å². The maximum Gasteiger partial charge on any atom is 0.325 e. The molecule has 2 saturated heterocycles. The number of pyridine rings is 1. The van der Waals surface area contributed by atoms with Gasteiger partial charge in [0.1, 0.15) is 17.7 Å². The van der Waals surface area contributed by atoms with Crippen molar-refractivity contribution in [2.75, 3.05) is 32.0 Å². The molecule has 2 aliphatic rings. The second-order valence-corrected chi connectivity index (χ2v) is 12.5. The Balaban J connectivity index is 1.30. The minimum atomic E-state index is -0.900. The molecule has 0 bridgehead atoms. The van der Waals surface area contributed by atoms with E-state index in [0.717, 1.165) is 74.6 Å². The highest BCUT2D eigenvalue weighted by Crippen LogP contribution is 2.38. The van der Waals surface area contributed by atoms with Crippen molar-refractivity contribution in [1.29, 1.82) is 0 Å². The van der Waals surface area contributed by atoms with E-state index in [4.69, 9.17) is 10.5 Å². The number of halogens is 1. The number of hydrogen-bond donors (Lipinski definition) is 2. The van der Waals surface area contributed by atoms with Gasteiger partial charge < -0.3 is 15.6 Å². The predicted octanol–water partition coefficient (Wildman–Crippen LogP) is 6.53. The Morgan fingerprint density at radius 3 is 2.65 bits per heavy atom. The number of aliphatic carboxylic acids is 1. The summed E-state index contributed by atoms with van der Waals surface area (Å²) in [5.41, 5.74) is 10.4. The zero-order chi connectivity index (χ0) is 28.5. The SMILES string of the molecule is CCCCCc1ccc(CCCC[C@@H](P)C2CCN([C@H](C(=O)O)c3cc(F)ccc3C3CCOCC3)C2)nc1N. The Morgan fingerprint density at radius 2 is 1.93 bits per heavy atom. The molecule has 2 aromatic rings. The molecule has 4 atom stereocenters. The van der Waals surface area contributed by atoms with E-state index in [1.807, 2.05) is 0 Å². The number of carboxylic acid groups (broad SMARTS) is 1. The van der Waals surface area contributed by atoms with E-state index < -0.39 is 12.0 Å². The molecule has 0 spiro atoms. The van der Waals surface area contributed by atoms with E-state index in [-0.39, 0.29) is 11.7 Å². The summed E-state index contributed by atoms with van der Waals surface area (Å²) in [7, 11) is 3.01. The molecule has 8 heteroatoms. The van der Waals surface area contributed by atoms with Crippen LogP contribution >= 0.6 is 9.24 Å². The van der Waals surface area contributed by atoms with Gasteiger partial charge in [0.05, 0.1) is 0 Å². The fraction of sp³-hybridized carbons (Fsp3) is 0.625. The number of carboxylic acids is 1. The first-order valence-electron chi connectivity index (χ1n) is 15.2. The molecule has 40 heavy (non-hydrogen) atoms. The Morgan fingerprint density at radius 1 is 1.15 bits per heavy atom. The first-order chi connectivity index (χ1) is 19.4. The highest BCUT2D eigenvalue weighted by atomic mass is 31.0. The third-order valence-corrected chi connectivity index (χ3v) is 9.68. The van der Waals surface area contributed by atoms with Gasteiger partial charge in [-0.05, 0) is 110 Å². The minimum Gasteiger partial charge on any atom is -0.480 e. The number of nitrogens with zero attached hydrogens (tertiary/aromatic N) is 2. The van der Waals surface area contributed by atoms with Crippen molar-refractivity contribution in [2.24, 2.45) is 5.92 Å². The number of hydrogen-bond acceptors (Lipinski definition) is 5. The summed E-state index contributed by atoms with van der Waals surface area (Å²) in [5, 5.41) is 10.3. The second-order valence-electron chi connectivity index (χ2n) is 11.7. The van der Waals surface area contributed by atoms with Crippen LogP contribution < -0.4 is 5.73 Å². The summed E-state index contributed by atoms with van der Waals surface area (Å²) >= 11 is 0. The first-order valence-corrected chi connectivity index (χ1v) is 15.9. The van der Waals surface area contributed by atoms with Crippen LogP contribution in [0, 0.1) is 11.7 Å². The van der Waals surface area contributed by atoms with E-state index in [0.29, 0.717) is 49.3 Å². The number of unbranched alkanes of at least 4 members (excludes halogenated alkanes) is 3. The molecule has 0 aliphatic carbocycles. The summed E-state index contributed by atoms with van der Waals surface area (Å²) in [6, 6.07) is 8.15. The number of nitrogen functional groups attached to an aromatic ring is 1. The second kappa shape index (κ2) is 15.2. The number of likely N-dealkylation sites (tertiary alicyclic amines) is 1. The van der Waals surface area contributed by atoms with Gasteiger partial charge in [-0.25, -0.2) is 9.37 Å². The van der Waals surface area contributed by atoms with Crippen LogP contribution in [-0.4, -0.2) is 52.9 Å². The molecule has 3 N–H and O–H groups in total. The quantitative estimate of drug-likeness (QED) is 0.198. The average Bonchev–Trinajstić information content (AvgIpc) is 3.42. The Hall–Kier alpha value is -2.08. The Kier molecular flexibility index (Phi) is 11.8. The zero-order valence-electron chi connectivity index (χ0n) is 24.0. The van der Waals surface area contributed by atoms with Crippen LogP contribution in [-0.2, 0) is 22.4 Å². The molecule has 2 unspecified atom stereocenters.